The molecule has 2 fully saturated rings. The van der Waals surface area contributed by atoms with Crippen LogP contribution in [0.25, 0.3) is 6.08 Å². The Labute approximate surface area is 248 Å². The van der Waals surface area contributed by atoms with Gasteiger partial charge in [0.05, 0.1) is 31.8 Å². The quantitative estimate of drug-likeness (QED) is 0.407. The largest absolute Gasteiger partial charge is 0.457 e. The van der Waals surface area contributed by atoms with Crippen LogP contribution in [0.4, 0.5) is 14.9 Å². The van der Waals surface area contributed by atoms with Gasteiger partial charge in [-0.25, -0.2) is 9.18 Å². The lowest BCUT2D eigenvalue weighted by molar-refractivity contribution is -0.151. The van der Waals surface area contributed by atoms with E-state index in [-0.39, 0.29) is 36.2 Å². The molecule has 1 aromatic carbocycles. The molecule has 0 saturated carbocycles. The molecule has 0 radical (unpaired) electrons. The van der Waals surface area contributed by atoms with Crippen molar-refractivity contribution in [2.24, 2.45) is 11.8 Å². The van der Waals surface area contributed by atoms with E-state index in [4.69, 9.17) is 14.2 Å². The molecule has 232 valence electrons. The highest BCUT2D eigenvalue weighted by Gasteiger charge is 2.29. The number of aliphatic hydroxyl groups is 1. The average molecular weight is 588 g/mol. The molecule has 0 aliphatic carbocycles. The normalized spacial score (nSPS) is 29.5. The smallest absolute Gasteiger partial charge is 0.410 e. The van der Waals surface area contributed by atoms with Crippen LogP contribution in [0.3, 0.4) is 0 Å². The summed E-state index contributed by atoms with van der Waals surface area (Å²) in [5, 5.41) is 10.6. The van der Waals surface area contributed by atoms with E-state index in [1.54, 1.807) is 4.90 Å². The summed E-state index contributed by atoms with van der Waals surface area (Å²) in [4.78, 5) is 31.8. The molecule has 1 aromatic rings. The number of hydrogen-bond donors (Lipinski definition) is 1. The highest BCUT2D eigenvalue weighted by atomic mass is 19.1. The van der Waals surface area contributed by atoms with Crippen molar-refractivity contribution in [3.8, 4) is 0 Å². The van der Waals surface area contributed by atoms with Crippen LogP contribution >= 0.6 is 0 Å². The zero-order valence-electron chi connectivity index (χ0n) is 25.5. The molecular formula is C32H46FN3O6. The van der Waals surface area contributed by atoms with E-state index in [0.717, 1.165) is 24.4 Å². The summed E-state index contributed by atoms with van der Waals surface area (Å²) in [5.41, 5.74) is 2.13. The fourth-order valence-electron chi connectivity index (χ4n) is 5.52. The van der Waals surface area contributed by atoms with Crippen molar-refractivity contribution in [1.82, 2.24) is 9.80 Å². The summed E-state index contributed by atoms with van der Waals surface area (Å²) in [6.45, 7) is 9.81. The minimum absolute atomic E-state index is 0.0613. The topological polar surface area (TPSA) is 91.8 Å². The Morgan fingerprint density at radius 3 is 2.50 bits per heavy atom. The molecule has 1 amide bonds. The Morgan fingerprint density at radius 2 is 1.83 bits per heavy atom. The van der Waals surface area contributed by atoms with Gasteiger partial charge in [0, 0.05) is 44.8 Å². The van der Waals surface area contributed by atoms with Gasteiger partial charge in [0.25, 0.3) is 0 Å². The van der Waals surface area contributed by atoms with Gasteiger partial charge in [-0.15, -0.1) is 0 Å². The van der Waals surface area contributed by atoms with Crippen LogP contribution < -0.4 is 4.90 Å². The fourth-order valence-corrected chi connectivity index (χ4v) is 5.52. The maximum absolute atomic E-state index is 14.6. The van der Waals surface area contributed by atoms with Crippen LogP contribution in [-0.4, -0.2) is 105 Å². The molecule has 42 heavy (non-hydrogen) atoms. The molecule has 1 N–H and O–H groups in total. The number of amides is 1. The van der Waals surface area contributed by atoms with Gasteiger partial charge in [0.15, 0.2) is 0 Å². The number of cyclic esters (lactones) is 1. The molecule has 3 heterocycles. The van der Waals surface area contributed by atoms with Crippen LogP contribution in [0.1, 0.15) is 45.6 Å². The molecule has 0 spiro atoms. The van der Waals surface area contributed by atoms with Crippen LogP contribution in [0.15, 0.2) is 35.9 Å². The van der Waals surface area contributed by atoms with E-state index < -0.39 is 24.3 Å². The number of esters is 1. The van der Waals surface area contributed by atoms with Crippen molar-refractivity contribution in [2.75, 3.05) is 58.4 Å². The predicted octanol–water partition coefficient (Wildman–Crippen LogP) is 4.10. The van der Waals surface area contributed by atoms with Gasteiger partial charge >= 0.3 is 12.1 Å². The number of aliphatic hydroxyl groups excluding tert-OH is 1. The van der Waals surface area contributed by atoms with Gasteiger partial charge in [0.2, 0.25) is 0 Å². The van der Waals surface area contributed by atoms with E-state index in [2.05, 4.69) is 4.90 Å². The number of hydrogen-bond acceptors (Lipinski definition) is 8. The number of ether oxygens (including phenoxy) is 3. The number of nitrogens with zero attached hydrogens (tertiary/aromatic N) is 3. The maximum atomic E-state index is 14.6. The number of carbonyl (C=O) groups excluding carboxylic acids is 2. The maximum Gasteiger partial charge on any atom is 0.410 e. The number of likely N-dealkylation sites (N-methyl/N-ethyl adjacent to an activating group) is 2. The molecule has 2 saturated heterocycles. The predicted molar refractivity (Wildman–Crippen MR) is 160 cm³/mol. The van der Waals surface area contributed by atoms with Gasteiger partial charge in [0.1, 0.15) is 18.0 Å². The number of halogens is 1. The third-order valence-electron chi connectivity index (χ3n) is 8.58. The van der Waals surface area contributed by atoms with Gasteiger partial charge in [-0.3, -0.25) is 4.79 Å². The zero-order chi connectivity index (χ0) is 30.4. The van der Waals surface area contributed by atoms with Crippen molar-refractivity contribution in [3.05, 3.63) is 47.3 Å². The third-order valence-corrected chi connectivity index (χ3v) is 8.58. The van der Waals surface area contributed by atoms with E-state index in [1.165, 1.54) is 12.1 Å². The Balaban J connectivity index is 1.56. The second kappa shape index (κ2) is 14.5. The molecule has 3 aliphatic rings. The molecule has 9 nitrogen and oxygen atoms in total. The van der Waals surface area contributed by atoms with Crippen LogP contribution in [0.5, 0.6) is 0 Å². The second-order valence-electron chi connectivity index (χ2n) is 12.1. The lowest BCUT2D eigenvalue weighted by Crippen LogP contribution is -2.48. The third kappa shape index (κ3) is 8.55. The summed E-state index contributed by atoms with van der Waals surface area (Å²) in [6, 6.07) is 5.06. The Morgan fingerprint density at radius 1 is 1.12 bits per heavy atom. The highest BCUT2D eigenvalue weighted by molar-refractivity contribution is 5.71. The van der Waals surface area contributed by atoms with Gasteiger partial charge < -0.3 is 34.0 Å². The highest BCUT2D eigenvalue weighted by Crippen LogP contribution is 2.28. The van der Waals surface area contributed by atoms with E-state index in [0.29, 0.717) is 44.7 Å². The lowest BCUT2D eigenvalue weighted by atomic mass is 9.91. The van der Waals surface area contributed by atoms with Crippen LogP contribution in [-0.2, 0) is 19.0 Å². The summed E-state index contributed by atoms with van der Waals surface area (Å²) in [6.07, 6.45) is 4.10. The van der Waals surface area contributed by atoms with Crippen molar-refractivity contribution in [2.45, 2.75) is 64.4 Å². The first-order chi connectivity index (χ1) is 20.0. The van der Waals surface area contributed by atoms with Crippen LogP contribution in [0.2, 0.25) is 0 Å². The van der Waals surface area contributed by atoms with Crippen LogP contribution in [0, 0.1) is 17.7 Å². The monoisotopic (exact) mass is 587 g/mol. The minimum atomic E-state index is -0.866. The summed E-state index contributed by atoms with van der Waals surface area (Å²) < 4.78 is 31.8. The molecule has 5 atom stereocenters. The second-order valence-corrected chi connectivity index (χ2v) is 12.1. The van der Waals surface area contributed by atoms with Gasteiger partial charge in [-0.2, -0.15) is 0 Å². The first-order valence-electron chi connectivity index (χ1n) is 15.0. The van der Waals surface area contributed by atoms with E-state index >= 15 is 0 Å². The van der Waals surface area contributed by atoms with Crippen molar-refractivity contribution >= 4 is 23.8 Å². The molecule has 0 aromatic heterocycles. The minimum Gasteiger partial charge on any atom is -0.457 e. The molecule has 0 bridgehead atoms. The Bertz CT molecular complexity index is 1150. The Hall–Kier alpha value is -2.95. The molecular weight excluding hydrogens is 541 g/mol. The first-order valence-corrected chi connectivity index (χ1v) is 15.0. The van der Waals surface area contributed by atoms with E-state index in [9.17, 15) is 19.1 Å². The molecule has 4 rings (SSSR count). The summed E-state index contributed by atoms with van der Waals surface area (Å²) >= 11 is 0. The number of rotatable bonds is 5. The Kier molecular flexibility index (Phi) is 11.0. The summed E-state index contributed by atoms with van der Waals surface area (Å²) in [5.74, 6) is -1.18. The molecule has 0 unspecified atom stereocenters. The number of carbonyl (C=O) groups is 2. The van der Waals surface area contributed by atoms with Crippen molar-refractivity contribution in [3.63, 3.8) is 0 Å². The molecule has 3 aliphatic heterocycles. The lowest BCUT2D eigenvalue weighted by Gasteiger charge is -2.36. The van der Waals surface area contributed by atoms with Gasteiger partial charge in [-0.1, -0.05) is 26.0 Å². The average Bonchev–Trinajstić information content (AvgIpc) is 2.90. The zero-order valence-corrected chi connectivity index (χ0v) is 25.5. The SMILES string of the molecule is C/C(=C\c1cc(F)cc(N(C)C2COC2)c1)[C@H]1OC(=O)C[C@H](O)CC[C@H](C)[C@@H](OC(=O)N2CCN(C)CC2)/C=C/[C@@H]1C. The van der Waals surface area contributed by atoms with Crippen molar-refractivity contribution in [1.29, 1.82) is 0 Å². The standard InChI is InChI=1S/C32H46FN3O6/c1-21-6-8-28(37)18-30(38)42-31(22(2)7-9-29(21)41-32(39)36-12-10-34(4)11-13-36)23(3)14-24-15-25(33)17-26(16-24)35(5)27-19-40-20-27/h7,9,14-17,21-22,27-29,31,37H,6,8,10-13,18-20H2,1-5H3/b9-7+,23-14+/t21-,22-,28+,29-,31-/m0/s1. The van der Waals surface area contributed by atoms with Gasteiger partial charge in [-0.05, 0) is 68.1 Å². The summed E-state index contributed by atoms with van der Waals surface area (Å²) in [7, 11) is 3.95. The first kappa shape index (κ1) is 32.0. The fraction of sp³-hybridized carbons (Fsp3) is 0.625. The van der Waals surface area contributed by atoms with Crippen molar-refractivity contribution < 1.29 is 33.3 Å². The van der Waals surface area contributed by atoms with E-state index in [1.807, 2.05) is 64.1 Å². The molecule has 10 heteroatoms. The number of anilines is 1. The number of benzene rings is 1. The number of piperazine rings is 1.